The van der Waals surface area contributed by atoms with Gasteiger partial charge in [0, 0.05) is 7.05 Å². The molecule has 1 aliphatic heterocycles. The molecule has 1 atom stereocenters. The molecule has 1 aromatic heterocycles. The van der Waals surface area contributed by atoms with E-state index in [0.29, 0.717) is 12.4 Å². The van der Waals surface area contributed by atoms with Gasteiger partial charge < -0.3 is 22.4 Å². The van der Waals surface area contributed by atoms with Crippen LogP contribution in [0.15, 0.2) is 6.33 Å². The van der Waals surface area contributed by atoms with E-state index in [2.05, 4.69) is 10.2 Å². The lowest BCUT2D eigenvalue weighted by Gasteiger charge is -2.28. The molecular formula is C8H13BF3N4-. The quantitative estimate of drug-likeness (QED) is 0.738. The highest BCUT2D eigenvalue weighted by Crippen LogP contribution is 2.31. The molecule has 0 amide bonds. The van der Waals surface area contributed by atoms with Gasteiger partial charge in [0.25, 0.3) is 0 Å². The van der Waals surface area contributed by atoms with Crippen LogP contribution in [0.25, 0.3) is 0 Å². The Morgan fingerprint density at radius 1 is 1.50 bits per heavy atom. The lowest BCUT2D eigenvalue weighted by molar-refractivity contribution is 0.252. The zero-order valence-corrected chi connectivity index (χ0v) is 8.98. The molecule has 0 saturated carbocycles. The third-order valence-electron chi connectivity index (χ3n) is 2.85. The molecule has 0 bridgehead atoms. The van der Waals surface area contributed by atoms with Gasteiger partial charge in [0.1, 0.15) is 12.2 Å². The second kappa shape index (κ2) is 4.08. The van der Waals surface area contributed by atoms with Crippen molar-refractivity contribution in [3.8, 4) is 0 Å². The first kappa shape index (κ1) is 11.4. The Morgan fingerprint density at radius 3 is 2.81 bits per heavy atom. The molecule has 0 radical (unpaired) electrons. The molecule has 2 heterocycles. The molecule has 4 nitrogen and oxygen atoms in total. The van der Waals surface area contributed by atoms with E-state index >= 15 is 0 Å². The summed E-state index contributed by atoms with van der Waals surface area (Å²) >= 11 is 0. The Balaban J connectivity index is 2.13. The van der Waals surface area contributed by atoms with Gasteiger partial charge in [-0.1, -0.05) is 0 Å². The van der Waals surface area contributed by atoms with Crippen LogP contribution in [0.2, 0.25) is 0 Å². The molecule has 8 heteroatoms. The second-order valence-corrected chi connectivity index (χ2v) is 4.16. The summed E-state index contributed by atoms with van der Waals surface area (Å²) in [5, 5.41) is 7.60. The number of hydrogen-bond donors (Lipinski definition) is 0. The summed E-state index contributed by atoms with van der Waals surface area (Å²) in [5.74, 6) is 0.623. The molecule has 0 N–H and O–H groups in total. The van der Waals surface area contributed by atoms with E-state index in [1.807, 2.05) is 0 Å². The van der Waals surface area contributed by atoms with Crippen molar-refractivity contribution in [2.75, 3.05) is 13.0 Å². The summed E-state index contributed by atoms with van der Waals surface area (Å²) < 4.78 is 38.9. The number of nitrogens with zero attached hydrogens (tertiary/aromatic N) is 4. The summed E-state index contributed by atoms with van der Waals surface area (Å²) in [7, 11) is 1.75. The minimum atomic E-state index is -4.77. The van der Waals surface area contributed by atoms with Crippen LogP contribution >= 0.6 is 0 Å². The number of likely N-dealkylation sites (tertiary alicyclic amines) is 1. The van der Waals surface area contributed by atoms with E-state index < -0.39 is 13.4 Å². The SMILES string of the molecule is Cn1cnnc1C1CCCN1C[B-](F)(F)F. The lowest BCUT2D eigenvalue weighted by atomic mass is 9.91. The average Bonchev–Trinajstić information content (AvgIpc) is 2.71. The van der Waals surface area contributed by atoms with E-state index in [4.69, 9.17) is 0 Å². The van der Waals surface area contributed by atoms with Crippen molar-refractivity contribution in [3.05, 3.63) is 12.2 Å². The maximum Gasteiger partial charge on any atom is 0.492 e. The van der Waals surface area contributed by atoms with Crippen molar-refractivity contribution in [1.82, 2.24) is 19.7 Å². The first-order valence-corrected chi connectivity index (χ1v) is 5.26. The van der Waals surface area contributed by atoms with Crippen LogP contribution in [0.5, 0.6) is 0 Å². The molecule has 0 aliphatic carbocycles. The van der Waals surface area contributed by atoms with Crippen LogP contribution in [0.1, 0.15) is 24.7 Å². The van der Waals surface area contributed by atoms with E-state index in [9.17, 15) is 12.9 Å². The van der Waals surface area contributed by atoms with Gasteiger partial charge in [0.2, 0.25) is 0 Å². The van der Waals surface area contributed by atoms with Crippen molar-refractivity contribution in [1.29, 1.82) is 0 Å². The second-order valence-electron chi connectivity index (χ2n) is 4.16. The summed E-state index contributed by atoms with van der Waals surface area (Å²) in [4.78, 5) is 1.45. The smallest absolute Gasteiger partial charge is 0.448 e. The first-order valence-electron chi connectivity index (χ1n) is 5.26. The molecule has 1 aromatic rings. The third kappa shape index (κ3) is 2.37. The highest BCUT2D eigenvalue weighted by atomic mass is 19.4. The van der Waals surface area contributed by atoms with Gasteiger partial charge in [-0.3, -0.25) is 0 Å². The van der Waals surface area contributed by atoms with Crippen LogP contribution in [0, 0.1) is 0 Å². The zero-order valence-electron chi connectivity index (χ0n) is 8.98. The van der Waals surface area contributed by atoms with Gasteiger partial charge in [0.05, 0.1) is 6.04 Å². The number of hydrogen-bond acceptors (Lipinski definition) is 3. The Morgan fingerprint density at radius 2 is 2.25 bits per heavy atom. The van der Waals surface area contributed by atoms with Crippen molar-refractivity contribution in [3.63, 3.8) is 0 Å². The van der Waals surface area contributed by atoms with Crippen LogP contribution in [0.4, 0.5) is 12.9 Å². The number of halogens is 3. The van der Waals surface area contributed by atoms with Gasteiger partial charge in [0.15, 0.2) is 0 Å². The fraction of sp³-hybridized carbons (Fsp3) is 0.750. The number of aryl methyl sites for hydroxylation is 1. The third-order valence-corrected chi connectivity index (χ3v) is 2.85. The number of aromatic nitrogens is 3. The maximum atomic E-state index is 12.4. The minimum Gasteiger partial charge on any atom is -0.448 e. The predicted octanol–water partition coefficient (Wildman–Crippen LogP) is 1.34. The largest absolute Gasteiger partial charge is 0.492 e. The Kier molecular flexibility index (Phi) is 2.92. The summed E-state index contributed by atoms with van der Waals surface area (Å²) in [6, 6.07) is -0.240. The van der Waals surface area contributed by atoms with Gasteiger partial charge in [-0.15, -0.1) is 10.2 Å². The molecule has 1 saturated heterocycles. The van der Waals surface area contributed by atoms with Crippen LogP contribution < -0.4 is 0 Å². The predicted molar refractivity (Wildman–Crippen MR) is 53.6 cm³/mol. The average molecular weight is 233 g/mol. The molecule has 2 rings (SSSR count). The highest BCUT2D eigenvalue weighted by Gasteiger charge is 2.35. The maximum absolute atomic E-state index is 12.4. The highest BCUT2D eigenvalue weighted by molar-refractivity contribution is 6.58. The van der Waals surface area contributed by atoms with Gasteiger partial charge in [-0.25, -0.2) is 0 Å². The molecule has 1 aliphatic rings. The van der Waals surface area contributed by atoms with Crippen LogP contribution in [0.3, 0.4) is 0 Å². The molecular weight excluding hydrogens is 220 g/mol. The van der Waals surface area contributed by atoms with Crippen molar-refractivity contribution in [2.45, 2.75) is 18.9 Å². The molecule has 1 unspecified atom stereocenters. The summed E-state index contributed by atoms with van der Waals surface area (Å²) in [5.41, 5.74) is 0. The fourth-order valence-corrected chi connectivity index (χ4v) is 2.20. The molecule has 16 heavy (non-hydrogen) atoms. The van der Waals surface area contributed by atoms with Crippen LogP contribution in [-0.2, 0) is 7.05 Å². The minimum absolute atomic E-state index is 0.240. The molecule has 0 aromatic carbocycles. The fourth-order valence-electron chi connectivity index (χ4n) is 2.20. The van der Waals surface area contributed by atoms with Gasteiger partial charge >= 0.3 is 6.98 Å². The monoisotopic (exact) mass is 233 g/mol. The topological polar surface area (TPSA) is 34.0 Å². The lowest BCUT2D eigenvalue weighted by Crippen LogP contribution is -2.38. The Bertz CT molecular complexity index is 364. The normalized spacial score (nSPS) is 22.9. The molecule has 90 valence electrons. The van der Waals surface area contributed by atoms with E-state index in [1.54, 1.807) is 11.6 Å². The standard InChI is InChI=1S/C8H13BF3N4/c1-15-6-13-14-8(15)7-3-2-4-16(7)5-9(10,11)12/h6-7H,2-5H2,1H3/q-1. The van der Waals surface area contributed by atoms with E-state index in [0.717, 1.165) is 12.8 Å². The van der Waals surface area contributed by atoms with Gasteiger partial charge in [-0.05, 0) is 25.8 Å². The van der Waals surface area contributed by atoms with Crippen LogP contribution in [-0.4, -0.2) is 39.6 Å². The summed E-state index contributed by atoms with van der Waals surface area (Å²) in [6.45, 7) is -4.28. The van der Waals surface area contributed by atoms with Gasteiger partial charge in [-0.2, -0.15) is 0 Å². The van der Waals surface area contributed by atoms with Crippen molar-refractivity contribution in [2.24, 2.45) is 7.05 Å². The Hall–Kier alpha value is -1.05. The van der Waals surface area contributed by atoms with E-state index in [-0.39, 0.29) is 6.04 Å². The van der Waals surface area contributed by atoms with Crippen molar-refractivity contribution >= 4 is 6.98 Å². The first-order chi connectivity index (χ1) is 7.47. The Labute approximate surface area is 91.5 Å². The van der Waals surface area contributed by atoms with Crippen molar-refractivity contribution < 1.29 is 12.9 Å². The molecule has 1 fully saturated rings. The van der Waals surface area contributed by atoms with E-state index in [1.165, 1.54) is 11.2 Å². The summed E-state index contributed by atoms with van der Waals surface area (Å²) in [6.07, 6.45) is 2.21. The molecule has 0 spiro atoms. The number of rotatable bonds is 3. The zero-order chi connectivity index (χ0) is 11.8.